The molecule has 6 aromatic carbocycles. The van der Waals surface area contributed by atoms with E-state index in [1.807, 2.05) is 65.4 Å². The third-order valence-electron chi connectivity index (χ3n) is 10.3. The second-order valence-electron chi connectivity index (χ2n) is 14.6. The van der Waals surface area contributed by atoms with Gasteiger partial charge in [-0.05, 0) is 65.6 Å². The molecular formula is C47H37N5O. The average Bonchev–Trinajstić information content (AvgIpc) is 3.75. The smallest absolute Gasteiger partial charge is 0.244 e. The molecule has 4 aromatic heterocycles. The Hall–Kier alpha value is -6.66. The first-order valence-corrected chi connectivity index (χ1v) is 17.8. The monoisotopic (exact) mass is 690 g/mol. The Bertz CT molecular complexity index is 3250. The maximum atomic E-state index is 8.27. The van der Waals surface area contributed by atoms with Gasteiger partial charge < -0.3 is 18.1 Å². The van der Waals surface area contributed by atoms with E-state index in [-0.39, 0.29) is 5.41 Å². The highest BCUT2D eigenvalue weighted by atomic mass is 16.3. The van der Waals surface area contributed by atoms with Gasteiger partial charge in [0.25, 0.3) is 0 Å². The standard InChI is InChI=1S/C47H37N5O/c1-47(2,3)31-25-26-48-46(27-31)52-39-17-9-5-13-34(39)36-23-21-33(29-42(36)52)51-38-16-8-6-14-35(38)37-15-7-12-20-44(37)53-45-24-22-32(28-43(45)51)50-30-49(4)40-18-10-11-19-41(40)50/h5-29H,1-4H3/i4D3. The molecule has 0 saturated heterocycles. The lowest BCUT2D eigenvalue weighted by atomic mass is 9.88. The molecular weight excluding hydrogens is 651 g/mol. The van der Waals surface area contributed by atoms with E-state index in [4.69, 9.17) is 13.5 Å². The molecule has 0 radical (unpaired) electrons. The van der Waals surface area contributed by atoms with Gasteiger partial charge in [0.2, 0.25) is 6.33 Å². The van der Waals surface area contributed by atoms with Crippen molar-refractivity contribution in [3.63, 3.8) is 0 Å². The Morgan fingerprint density at radius 1 is 0.585 bits per heavy atom. The third-order valence-corrected chi connectivity index (χ3v) is 10.3. The maximum Gasteiger partial charge on any atom is 0.244 e. The number of nitrogens with zero attached hydrogens (tertiary/aromatic N) is 5. The molecule has 0 bridgehead atoms. The van der Waals surface area contributed by atoms with E-state index in [1.54, 1.807) is 0 Å². The summed E-state index contributed by atoms with van der Waals surface area (Å²) in [7, 11) is 0. The molecule has 0 aliphatic carbocycles. The fraction of sp³-hybridized carbons (Fsp3) is 0.106. The second-order valence-corrected chi connectivity index (χ2v) is 14.6. The van der Waals surface area contributed by atoms with Crippen LogP contribution in [0.3, 0.4) is 0 Å². The molecule has 4 heterocycles. The molecule has 6 heteroatoms. The van der Waals surface area contributed by atoms with Crippen LogP contribution in [0, 0.1) is 6.33 Å². The molecule has 0 fully saturated rings. The zero-order valence-electron chi connectivity index (χ0n) is 32.6. The van der Waals surface area contributed by atoms with Crippen molar-refractivity contribution in [2.24, 2.45) is 6.98 Å². The summed E-state index contributed by atoms with van der Waals surface area (Å²) in [6.07, 6.45) is 5.05. The molecule has 256 valence electrons. The van der Waals surface area contributed by atoms with E-state index in [0.29, 0.717) is 11.1 Å². The first-order chi connectivity index (χ1) is 27.0. The number of rotatable bonds is 3. The minimum atomic E-state index is -2.42. The quantitative estimate of drug-likeness (QED) is 0.137. The van der Waals surface area contributed by atoms with Crippen LogP contribution < -0.4 is 4.57 Å². The molecule has 0 aliphatic rings. The lowest BCUT2D eigenvalue weighted by molar-refractivity contribution is -0.649. The van der Waals surface area contributed by atoms with E-state index < -0.39 is 6.98 Å². The molecule has 0 unspecified atom stereocenters. The number of aromatic nitrogens is 5. The maximum absolute atomic E-state index is 8.27. The summed E-state index contributed by atoms with van der Waals surface area (Å²) in [6.45, 7) is 4.25. The van der Waals surface area contributed by atoms with Gasteiger partial charge in [-0.3, -0.25) is 4.57 Å². The van der Waals surface area contributed by atoms with Crippen LogP contribution in [-0.4, -0.2) is 18.7 Å². The molecule has 0 amide bonds. The van der Waals surface area contributed by atoms with Gasteiger partial charge in [-0.2, -0.15) is 0 Å². The van der Waals surface area contributed by atoms with Crippen LogP contribution in [-0.2, 0) is 12.4 Å². The van der Waals surface area contributed by atoms with Crippen molar-refractivity contribution in [2.45, 2.75) is 26.2 Å². The summed E-state index contributed by atoms with van der Waals surface area (Å²) in [5.74, 6) is 0.853. The highest BCUT2D eigenvalue weighted by Crippen LogP contribution is 2.36. The molecule has 0 saturated carbocycles. The number of imidazole rings is 1. The number of fused-ring (bicyclic) bond motifs is 8. The first-order valence-electron chi connectivity index (χ1n) is 19.3. The van der Waals surface area contributed by atoms with Crippen LogP contribution in [0.4, 0.5) is 0 Å². The van der Waals surface area contributed by atoms with Gasteiger partial charge in [0, 0.05) is 33.4 Å². The van der Waals surface area contributed by atoms with E-state index in [2.05, 4.69) is 127 Å². The molecule has 6 nitrogen and oxygen atoms in total. The van der Waals surface area contributed by atoms with Crippen LogP contribution in [0.15, 0.2) is 156 Å². The molecule has 0 aliphatic heterocycles. The Morgan fingerprint density at radius 3 is 2.02 bits per heavy atom. The van der Waals surface area contributed by atoms with E-state index >= 15 is 0 Å². The van der Waals surface area contributed by atoms with Crippen LogP contribution in [0.2, 0.25) is 0 Å². The van der Waals surface area contributed by atoms with Crippen molar-refractivity contribution in [1.82, 2.24) is 18.7 Å². The number of hydrogen-bond donors (Lipinski definition) is 0. The fourth-order valence-electron chi connectivity index (χ4n) is 7.71. The summed E-state index contributed by atoms with van der Waals surface area (Å²) >= 11 is 0. The van der Waals surface area contributed by atoms with E-state index in [9.17, 15) is 0 Å². The summed E-state index contributed by atoms with van der Waals surface area (Å²) in [4.78, 5) is 4.93. The fourth-order valence-corrected chi connectivity index (χ4v) is 7.71. The summed E-state index contributed by atoms with van der Waals surface area (Å²) in [5, 5.41) is 4.25. The Morgan fingerprint density at radius 2 is 1.23 bits per heavy atom. The van der Waals surface area contributed by atoms with Crippen molar-refractivity contribution < 1.29 is 13.1 Å². The van der Waals surface area contributed by atoms with Gasteiger partial charge in [0.1, 0.15) is 17.0 Å². The predicted molar refractivity (Wildman–Crippen MR) is 216 cm³/mol. The Balaban J connectivity index is 1.34. The minimum Gasteiger partial charge on any atom is -0.455 e. The normalized spacial score (nSPS) is 13.2. The van der Waals surface area contributed by atoms with Crippen LogP contribution in [0.25, 0.3) is 83.0 Å². The topological polar surface area (TPSA) is 44.7 Å². The predicted octanol–water partition coefficient (Wildman–Crippen LogP) is 11.0. The average molecular weight is 691 g/mol. The molecule has 0 spiro atoms. The molecule has 53 heavy (non-hydrogen) atoms. The zero-order chi connectivity index (χ0) is 38.3. The Labute approximate surface area is 310 Å². The summed E-state index contributed by atoms with van der Waals surface area (Å²) in [6, 6.07) is 49.3. The van der Waals surface area contributed by atoms with Crippen molar-refractivity contribution >= 4 is 65.8 Å². The van der Waals surface area contributed by atoms with Crippen molar-refractivity contribution in [3.05, 3.63) is 164 Å². The molecule has 10 rings (SSSR count). The van der Waals surface area contributed by atoms with Gasteiger partial charge >= 0.3 is 0 Å². The van der Waals surface area contributed by atoms with Crippen LogP contribution in [0.1, 0.15) is 30.4 Å². The largest absolute Gasteiger partial charge is 0.455 e. The highest BCUT2D eigenvalue weighted by Gasteiger charge is 2.19. The molecule has 0 atom stereocenters. The summed E-state index contributed by atoms with van der Waals surface area (Å²) in [5.41, 5.74) is 9.32. The van der Waals surface area contributed by atoms with Crippen molar-refractivity contribution in [3.8, 4) is 17.2 Å². The minimum absolute atomic E-state index is 0.0567. The number of benzene rings is 6. The van der Waals surface area contributed by atoms with Gasteiger partial charge in [0.15, 0.2) is 0 Å². The van der Waals surface area contributed by atoms with E-state index in [0.717, 1.165) is 71.9 Å². The first kappa shape index (κ1) is 28.0. The second kappa shape index (κ2) is 11.7. The zero-order valence-corrected chi connectivity index (χ0v) is 29.6. The van der Waals surface area contributed by atoms with E-state index in [1.165, 1.54) is 10.1 Å². The Kier molecular flexibility index (Phi) is 6.17. The van der Waals surface area contributed by atoms with Gasteiger partial charge in [-0.15, -0.1) is 0 Å². The number of hydrogen-bond acceptors (Lipinski definition) is 2. The molecule has 10 aromatic rings. The molecule has 0 N–H and O–H groups in total. The van der Waals surface area contributed by atoms with Crippen LogP contribution >= 0.6 is 0 Å². The van der Waals surface area contributed by atoms with Gasteiger partial charge in [0.05, 0.1) is 49.9 Å². The van der Waals surface area contributed by atoms with Gasteiger partial charge in [-0.25, -0.2) is 4.98 Å². The number of aryl methyl sites for hydroxylation is 1. The highest BCUT2D eigenvalue weighted by molar-refractivity contribution is 6.10. The number of para-hydroxylation sites is 5. The lowest BCUT2D eigenvalue weighted by Gasteiger charge is -2.20. The van der Waals surface area contributed by atoms with Crippen molar-refractivity contribution in [2.75, 3.05) is 0 Å². The van der Waals surface area contributed by atoms with Crippen LogP contribution in [0.5, 0.6) is 0 Å². The SMILES string of the molecule is [2H]C([2H])([2H])[n+]1[c-]n(-c2ccc3oc4ccccc4c4ccccc4n(-c4ccc5c6ccccc6n(-c6cc(C(C)(C)C)ccn6)c5c4)c3c2)c2ccccc21. The van der Waals surface area contributed by atoms with Crippen molar-refractivity contribution in [1.29, 1.82) is 0 Å². The lowest BCUT2D eigenvalue weighted by Crippen LogP contribution is -2.26. The number of pyridine rings is 1. The van der Waals surface area contributed by atoms with Gasteiger partial charge in [-0.1, -0.05) is 112 Å². The third kappa shape index (κ3) is 4.94. The summed E-state index contributed by atoms with van der Waals surface area (Å²) < 4.78 is 39.2.